The number of hydrogen-bond acceptors (Lipinski definition) is 5. The summed E-state index contributed by atoms with van der Waals surface area (Å²) in [6.45, 7) is 4.10. The van der Waals surface area contributed by atoms with Crippen LogP contribution in [0.3, 0.4) is 0 Å². The second-order valence-corrected chi connectivity index (χ2v) is 8.61. The average molecular weight is 431 g/mol. The van der Waals surface area contributed by atoms with Crippen LogP contribution in [0.2, 0.25) is 0 Å². The fourth-order valence-electron chi connectivity index (χ4n) is 4.56. The predicted molar refractivity (Wildman–Crippen MR) is 130 cm³/mol. The van der Waals surface area contributed by atoms with Crippen LogP contribution in [0, 0.1) is 13.8 Å². The Morgan fingerprint density at radius 2 is 2.00 bits per heavy atom. The van der Waals surface area contributed by atoms with Crippen LogP contribution in [0.15, 0.2) is 52.5 Å². The summed E-state index contributed by atoms with van der Waals surface area (Å²) in [6, 6.07) is 9.93. The third kappa shape index (κ3) is 4.10. The summed E-state index contributed by atoms with van der Waals surface area (Å²) in [5.74, 6) is 0. The first-order chi connectivity index (χ1) is 15.4. The van der Waals surface area contributed by atoms with E-state index < -0.39 is 6.10 Å². The standard InChI is InChI=1S/C26H30N4O2/c1-16-17(2)25-21(26(32)30(15-29-25)23-5-4-6-24(23)31)14-20(16)13-18-7-9-19(10-8-18)22(27)11-12-28-3/h7-12,14-15,23-24,31H,4-6,13,27H2,1-3H3/t23-,24-/m0/s1. The van der Waals surface area contributed by atoms with E-state index in [1.807, 2.05) is 25.1 Å². The number of aliphatic imine (C=N–C) groups is 1. The van der Waals surface area contributed by atoms with Gasteiger partial charge in [-0.2, -0.15) is 0 Å². The van der Waals surface area contributed by atoms with Gasteiger partial charge in [0.1, 0.15) is 0 Å². The van der Waals surface area contributed by atoms with Crippen molar-refractivity contribution in [3.8, 4) is 0 Å². The van der Waals surface area contributed by atoms with Gasteiger partial charge in [0.05, 0.1) is 29.4 Å². The topological polar surface area (TPSA) is 93.5 Å². The zero-order valence-electron chi connectivity index (χ0n) is 18.9. The van der Waals surface area contributed by atoms with E-state index in [0.717, 1.165) is 52.6 Å². The van der Waals surface area contributed by atoms with Crippen LogP contribution in [0.4, 0.5) is 0 Å². The molecule has 1 saturated carbocycles. The van der Waals surface area contributed by atoms with Crippen molar-refractivity contribution in [3.63, 3.8) is 0 Å². The molecule has 0 spiro atoms. The zero-order chi connectivity index (χ0) is 22.8. The summed E-state index contributed by atoms with van der Waals surface area (Å²) >= 11 is 0. The van der Waals surface area contributed by atoms with Crippen molar-refractivity contribution in [3.05, 3.63) is 80.9 Å². The molecule has 6 heteroatoms. The molecule has 1 aromatic heterocycles. The predicted octanol–water partition coefficient (Wildman–Crippen LogP) is 3.69. The van der Waals surface area contributed by atoms with Gasteiger partial charge in [0.2, 0.25) is 0 Å². The van der Waals surface area contributed by atoms with E-state index in [-0.39, 0.29) is 11.6 Å². The van der Waals surface area contributed by atoms with Gasteiger partial charge in [-0.05, 0) is 79.5 Å². The van der Waals surface area contributed by atoms with Gasteiger partial charge in [-0.25, -0.2) is 4.98 Å². The van der Waals surface area contributed by atoms with Gasteiger partial charge in [-0.1, -0.05) is 24.3 Å². The van der Waals surface area contributed by atoms with Crippen LogP contribution in [0.5, 0.6) is 0 Å². The van der Waals surface area contributed by atoms with Crippen LogP contribution < -0.4 is 11.3 Å². The molecule has 1 aliphatic carbocycles. The number of rotatable bonds is 5. The number of hydrogen-bond donors (Lipinski definition) is 2. The maximum Gasteiger partial charge on any atom is 0.261 e. The minimum absolute atomic E-state index is 0.0730. The molecule has 0 aliphatic heterocycles. The molecule has 2 atom stereocenters. The van der Waals surface area contributed by atoms with Gasteiger partial charge in [0.25, 0.3) is 5.56 Å². The average Bonchev–Trinajstić information content (AvgIpc) is 3.22. The van der Waals surface area contributed by atoms with E-state index in [4.69, 9.17) is 5.73 Å². The Morgan fingerprint density at radius 1 is 1.25 bits per heavy atom. The minimum Gasteiger partial charge on any atom is -0.398 e. The summed E-state index contributed by atoms with van der Waals surface area (Å²) in [5.41, 5.74) is 12.8. The number of aliphatic hydroxyl groups is 1. The molecule has 4 rings (SSSR count). The molecular weight excluding hydrogens is 400 g/mol. The van der Waals surface area contributed by atoms with Gasteiger partial charge in [0.15, 0.2) is 0 Å². The second-order valence-electron chi connectivity index (χ2n) is 8.61. The molecule has 3 N–H and O–H groups in total. The third-order valence-electron chi connectivity index (χ3n) is 6.64. The smallest absolute Gasteiger partial charge is 0.261 e. The van der Waals surface area contributed by atoms with Crippen molar-refractivity contribution in [2.75, 3.05) is 7.05 Å². The van der Waals surface area contributed by atoms with E-state index >= 15 is 0 Å². The quantitative estimate of drug-likeness (QED) is 0.604. The van der Waals surface area contributed by atoms with Crippen molar-refractivity contribution in [2.45, 2.75) is 51.7 Å². The molecule has 1 aliphatic rings. The van der Waals surface area contributed by atoms with Gasteiger partial charge in [-0.3, -0.25) is 14.4 Å². The lowest BCUT2D eigenvalue weighted by Gasteiger charge is -2.19. The normalized spacial score (nSPS) is 19.3. The molecule has 0 amide bonds. The first kappa shape index (κ1) is 22.0. The third-order valence-corrected chi connectivity index (χ3v) is 6.64. The van der Waals surface area contributed by atoms with E-state index in [1.54, 1.807) is 30.2 Å². The molecule has 3 aromatic rings. The van der Waals surface area contributed by atoms with Crippen LogP contribution in [-0.4, -0.2) is 34.0 Å². The highest BCUT2D eigenvalue weighted by Gasteiger charge is 2.28. The highest BCUT2D eigenvalue weighted by molar-refractivity contribution is 5.84. The molecule has 6 nitrogen and oxygen atoms in total. The number of aryl methyl sites for hydroxylation is 1. The Labute approximate surface area is 188 Å². The summed E-state index contributed by atoms with van der Waals surface area (Å²) < 4.78 is 1.63. The number of fused-ring (bicyclic) bond motifs is 1. The number of allylic oxidation sites excluding steroid dienone is 1. The molecule has 1 fully saturated rings. The van der Waals surface area contributed by atoms with Crippen molar-refractivity contribution in [1.29, 1.82) is 0 Å². The summed E-state index contributed by atoms with van der Waals surface area (Å²) in [7, 11) is 1.71. The van der Waals surface area contributed by atoms with Gasteiger partial charge in [0, 0.05) is 19.0 Å². The monoisotopic (exact) mass is 430 g/mol. The van der Waals surface area contributed by atoms with Gasteiger partial charge in [-0.15, -0.1) is 0 Å². The lowest BCUT2D eigenvalue weighted by Crippen LogP contribution is -2.29. The molecule has 0 saturated heterocycles. The van der Waals surface area contributed by atoms with Crippen molar-refractivity contribution in [1.82, 2.24) is 9.55 Å². The molecule has 1 heterocycles. The first-order valence-corrected chi connectivity index (χ1v) is 11.1. The fraction of sp³-hybridized carbons (Fsp3) is 0.346. The number of aromatic nitrogens is 2. The number of benzene rings is 2. The van der Waals surface area contributed by atoms with E-state index in [0.29, 0.717) is 17.5 Å². The maximum absolute atomic E-state index is 13.3. The first-order valence-electron chi connectivity index (χ1n) is 11.1. The molecule has 0 bridgehead atoms. The van der Waals surface area contributed by atoms with Crippen LogP contribution in [0.25, 0.3) is 16.6 Å². The van der Waals surface area contributed by atoms with Gasteiger partial charge >= 0.3 is 0 Å². The molecule has 32 heavy (non-hydrogen) atoms. The van der Waals surface area contributed by atoms with E-state index in [1.165, 1.54) is 0 Å². The Hall–Kier alpha value is -3.25. The minimum atomic E-state index is -0.485. The highest BCUT2D eigenvalue weighted by Crippen LogP contribution is 2.30. The van der Waals surface area contributed by atoms with Crippen molar-refractivity contribution >= 4 is 22.8 Å². The molecule has 2 aromatic carbocycles. The number of nitrogens with two attached hydrogens (primary N) is 1. The highest BCUT2D eigenvalue weighted by atomic mass is 16.3. The molecule has 0 unspecified atom stereocenters. The summed E-state index contributed by atoms with van der Waals surface area (Å²) in [6.07, 6.45) is 7.76. The SMILES string of the molecule is CN=CC=C(N)c1ccc(Cc2cc3c(=O)n([C@H]4CCC[C@@H]4O)cnc3c(C)c2C)cc1. The fourth-order valence-corrected chi connectivity index (χ4v) is 4.56. The second kappa shape index (κ2) is 9.09. The van der Waals surface area contributed by atoms with Crippen LogP contribution in [-0.2, 0) is 6.42 Å². The molecule has 166 valence electrons. The van der Waals surface area contributed by atoms with E-state index in [2.05, 4.69) is 29.0 Å². The Kier molecular flexibility index (Phi) is 6.24. The largest absolute Gasteiger partial charge is 0.398 e. The van der Waals surface area contributed by atoms with Crippen molar-refractivity contribution in [2.24, 2.45) is 10.7 Å². The number of nitrogens with zero attached hydrogens (tertiary/aromatic N) is 3. The lowest BCUT2D eigenvalue weighted by molar-refractivity contribution is 0.134. The Balaban J connectivity index is 1.70. The summed E-state index contributed by atoms with van der Waals surface area (Å²) in [4.78, 5) is 21.9. The summed E-state index contributed by atoms with van der Waals surface area (Å²) in [5, 5.41) is 10.9. The molecular formula is C26H30N4O2. The Morgan fingerprint density at radius 3 is 2.66 bits per heavy atom. The van der Waals surface area contributed by atoms with Crippen LogP contribution in [0.1, 0.15) is 53.1 Å². The lowest BCUT2D eigenvalue weighted by atomic mass is 9.94. The van der Waals surface area contributed by atoms with E-state index in [9.17, 15) is 9.90 Å². The van der Waals surface area contributed by atoms with Crippen LogP contribution >= 0.6 is 0 Å². The Bertz CT molecular complexity index is 1260. The maximum atomic E-state index is 13.3. The molecule has 0 radical (unpaired) electrons. The van der Waals surface area contributed by atoms with Crippen molar-refractivity contribution < 1.29 is 5.11 Å². The number of aliphatic hydroxyl groups excluding tert-OH is 1. The zero-order valence-corrected chi connectivity index (χ0v) is 18.9. The van der Waals surface area contributed by atoms with Gasteiger partial charge < -0.3 is 10.8 Å².